The van der Waals surface area contributed by atoms with E-state index in [1.54, 1.807) is 7.11 Å². The second kappa shape index (κ2) is 4.47. The Morgan fingerprint density at radius 1 is 1.50 bits per heavy atom. The number of aliphatic hydroxyl groups excluding tert-OH is 1. The fraction of sp³-hybridized carbons (Fsp3) is 0.750. The summed E-state index contributed by atoms with van der Waals surface area (Å²) in [6.07, 6.45) is 0.118. The Morgan fingerprint density at radius 2 is 2.00 bits per heavy atom. The van der Waals surface area contributed by atoms with E-state index in [9.17, 15) is 0 Å². The van der Waals surface area contributed by atoms with Gasteiger partial charge in [-0.05, 0) is 31.9 Å². The molecular formula is C8H16O2. The van der Waals surface area contributed by atoms with Gasteiger partial charge in [0.15, 0.2) is 0 Å². The van der Waals surface area contributed by atoms with E-state index < -0.39 is 0 Å². The van der Waals surface area contributed by atoms with Crippen LogP contribution in [0.4, 0.5) is 0 Å². The molecule has 1 atom stereocenters. The Morgan fingerprint density at radius 3 is 2.30 bits per heavy atom. The Balaban J connectivity index is 4.15. The average Bonchev–Trinajstić information content (AvgIpc) is 2.00. The van der Waals surface area contributed by atoms with Crippen molar-refractivity contribution in [3.05, 3.63) is 11.1 Å². The molecule has 0 radical (unpaired) electrons. The van der Waals surface area contributed by atoms with Crippen LogP contribution in [0.5, 0.6) is 0 Å². The second-order valence-electron chi connectivity index (χ2n) is 2.50. The van der Waals surface area contributed by atoms with Crippen LogP contribution in [-0.4, -0.2) is 24.9 Å². The number of rotatable bonds is 3. The van der Waals surface area contributed by atoms with Crippen LogP contribution in [0.25, 0.3) is 0 Å². The standard InChI is InChI=1S/C8H16O2/c1-6(5-9)7(2)8(3)10-4/h8-9H,5H2,1-4H3/b7-6+. The quantitative estimate of drug-likeness (QED) is 0.606. The summed E-state index contributed by atoms with van der Waals surface area (Å²) in [7, 11) is 1.67. The van der Waals surface area contributed by atoms with Crippen molar-refractivity contribution in [2.24, 2.45) is 0 Å². The van der Waals surface area contributed by atoms with Crippen LogP contribution in [-0.2, 0) is 4.74 Å². The van der Waals surface area contributed by atoms with Crippen LogP contribution >= 0.6 is 0 Å². The van der Waals surface area contributed by atoms with E-state index >= 15 is 0 Å². The van der Waals surface area contributed by atoms with Gasteiger partial charge < -0.3 is 9.84 Å². The van der Waals surface area contributed by atoms with Crippen molar-refractivity contribution in [3.8, 4) is 0 Å². The monoisotopic (exact) mass is 144 g/mol. The van der Waals surface area contributed by atoms with Crippen LogP contribution in [0, 0.1) is 0 Å². The maximum Gasteiger partial charge on any atom is 0.0753 e. The van der Waals surface area contributed by atoms with E-state index in [2.05, 4.69) is 0 Å². The summed E-state index contributed by atoms with van der Waals surface area (Å²) in [5, 5.41) is 8.74. The van der Waals surface area contributed by atoms with Crippen LogP contribution in [0.15, 0.2) is 11.1 Å². The lowest BCUT2D eigenvalue weighted by Gasteiger charge is -2.12. The first-order valence-corrected chi connectivity index (χ1v) is 3.43. The van der Waals surface area contributed by atoms with Gasteiger partial charge in [-0.2, -0.15) is 0 Å². The molecule has 0 aliphatic rings. The topological polar surface area (TPSA) is 29.5 Å². The highest BCUT2D eigenvalue weighted by Gasteiger charge is 2.03. The van der Waals surface area contributed by atoms with Crippen LogP contribution in [0.1, 0.15) is 20.8 Å². The maximum atomic E-state index is 8.74. The SMILES string of the molecule is COC(C)/C(C)=C(\C)CO. The highest BCUT2D eigenvalue weighted by molar-refractivity contribution is 5.13. The molecule has 0 spiro atoms. The molecule has 60 valence electrons. The largest absolute Gasteiger partial charge is 0.392 e. The third-order valence-electron chi connectivity index (χ3n) is 1.87. The van der Waals surface area contributed by atoms with Crippen LogP contribution in [0.3, 0.4) is 0 Å². The molecule has 0 amide bonds. The number of aliphatic hydroxyl groups is 1. The molecule has 0 aromatic rings. The number of ether oxygens (including phenoxy) is 1. The summed E-state index contributed by atoms with van der Waals surface area (Å²) in [6.45, 7) is 5.97. The number of methoxy groups -OCH3 is 1. The van der Waals surface area contributed by atoms with E-state index in [0.717, 1.165) is 11.1 Å². The summed E-state index contributed by atoms with van der Waals surface area (Å²) in [5.74, 6) is 0. The zero-order chi connectivity index (χ0) is 8.15. The molecule has 0 aromatic heterocycles. The van der Waals surface area contributed by atoms with Crippen molar-refractivity contribution in [2.75, 3.05) is 13.7 Å². The van der Waals surface area contributed by atoms with Gasteiger partial charge in [-0.3, -0.25) is 0 Å². The van der Waals surface area contributed by atoms with E-state index in [1.807, 2.05) is 20.8 Å². The summed E-state index contributed by atoms with van der Waals surface area (Å²) >= 11 is 0. The Labute approximate surface area is 62.5 Å². The minimum atomic E-state index is 0.118. The Hall–Kier alpha value is -0.340. The molecule has 1 N–H and O–H groups in total. The molecule has 1 unspecified atom stereocenters. The minimum absolute atomic E-state index is 0.118. The highest BCUT2D eigenvalue weighted by Crippen LogP contribution is 2.09. The zero-order valence-electron chi connectivity index (χ0n) is 7.14. The number of hydrogen-bond acceptors (Lipinski definition) is 2. The van der Waals surface area contributed by atoms with Gasteiger partial charge in [0.1, 0.15) is 0 Å². The summed E-state index contributed by atoms with van der Waals surface area (Å²) < 4.78 is 5.07. The lowest BCUT2D eigenvalue weighted by Crippen LogP contribution is -2.09. The first-order chi connectivity index (χ1) is 4.63. The van der Waals surface area contributed by atoms with Crippen molar-refractivity contribution >= 4 is 0 Å². The molecule has 0 aliphatic carbocycles. The predicted octanol–water partition coefficient (Wildman–Crippen LogP) is 1.35. The molecule has 0 aromatic carbocycles. The lowest BCUT2D eigenvalue weighted by molar-refractivity contribution is 0.145. The third kappa shape index (κ3) is 2.50. The van der Waals surface area contributed by atoms with Gasteiger partial charge >= 0.3 is 0 Å². The maximum absolute atomic E-state index is 8.74. The second-order valence-corrected chi connectivity index (χ2v) is 2.50. The Bertz CT molecular complexity index is 127. The molecule has 0 fully saturated rings. The van der Waals surface area contributed by atoms with E-state index in [-0.39, 0.29) is 12.7 Å². The summed E-state index contributed by atoms with van der Waals surface area (Å²) in [5.41, 5.74) is 2.11. The normalized spacial score (nSPS) is 16.5. The van der Waals surface area contributed by atoms with Gasteiger partial charge in [-0.25, -0.2) is 0 Å². The molecule has 0 heterocycles. The van der Waals surface area contributed by atoms with Crippen LogP contribution < -0.4 is 0 Å². The molecule has 0 saturated heterocycles. The molecule has 10 heavy (non-hydrogen) atoms. The van der Waals surface area contributed by atoms with Gasteiger partial charge in [0.2, 0.25) is 0 Å². The first kappa shape index (κ1) is 9.66. The molecule has 0 aliphatic heterocycles. The fourth-order valence-electron chi connectivity index (χ4n) is 0.648. The molecular weight excluding hydrogens is 128 g/mol. The lowest BCUT2D eigenvalue weighted by atomic mass is 10.1. The molecule has 0 rings (SSSR count). The molecule has 2 heteroatoms. The summed E-state index contributed by atoms with van der Waals surface area (Å²) in [6, 6.07) is 0. The van der Waals surface area contributed by atoms with Gasteiger partial charge in [0, 0.05) is 7.11 Å². The minimum Gasteiger partial charge on any atom is -0.392 e. The van der Waals surface area contributed by atoms with Gasteiger partial charge in [-0.15, -0.1) is 0 Å². The number of hydrogen-bond donors (Lipinski definition) is 1. The van der Waals surface area contributed by atoms with Gasteiger partial charge in [0.25, 0.3) is 0 Å². The van der Waals surface area contributed by atoms with Gasteiger partial charge in [0.05, 0.1) is 12.7 Å². The van der Waals surface area contributed by atoms with E-state index in [4.69, 9.17) is 9.84 Å². The van der Waals surface area contributed by atoms with Crippen molar-refractivity contribution in [3.63, 3.8) is 0 Å². The van der Waals surface area contributed by atoms with Crippen LogP contribution in [0.2, 0.25) is 0 Å². The summed E-state index contributed by atoms with van der Waals surface area (Å²) in [4.78, 5) is 0. The zero-order valence-corrected chi connectivity index (χ0v) is 7.14. The molecule has 0 saturated carbocycles. The first-order valence-electron chi connectivity index (χ1n) is 3.43. The third-order valence-corrected chi connectivity index (χ3v) is 1.87. The van der Waals surface area contributed by atoms with Gasteiger partial charge in [-0.1, -0.05) is 0 Å². The smallest absolute Gasteiger partial charge is 0.0753 e. The van der Waals surface area contributed by atoms with Crippen molar-refractivity contribution in [1.82, 2.24) is 0 Å². The van der Waals surface area contributed by atoms with Crippen molar-refractivity contribution in [2.45, 2.75) is 26.9 Å². The van der Waals surface area contributed by atoms with Crippen molar-refractivity contribution in [1.29, 1.82) is 0 Å². The molecule has 2 nitrogen and oxygen atoms in total. The fourth-order valence-corrected chi connectivity index (χ4v) is 0.648. The predicted molar refractivity (Wildman–Crippen MR) is 41.9 cm³/mol. The van der Waals surface area contributed by atoms with Crippen molar-refractivity contribution < 1.29 is 9.84 Å². The average molecular weight is 144 g/mol. The Kier molecular flexibility index (Phi) is 4.32. The van der Waals surface area contributed by atoms with E-state index in [1.165, 1.54) is 0 Å². The van der Waals surface area contributed by atoms with E-state index in [0.29, 0.717) is 0 Å². The molecule has 0 bridgehead atoms. The highest BCUT2D eigenvalue weighted by atomic mass is 16.5.